The van der Waals surface area contributed by atoms with E-state index in [1.807, 2.05) is 12.1 Å². The van der Waals surface area contributed by atoms with E-state index in [-0.39, 0.29) is 5.69 Å². The SMILES string of the molecule is CCCCCOc1ccc(/C=C/C(=O)Nc2ccc(Br)cc2F)cc1OC. The maximum atomic E-state index is 13.8. The minimum Gasteiger partial charge on any atom is -0.493 e. The molecule has 4 nitrogen and oxygen atoms in total. The van der Waals surface area contributed by atoms with Crippen molar-refractivity contribution in [2.45, 2.75) is 26.2 Å². The van der Waals surface area contributed by atoms with E-state index in [1.54, 1.807) is 25.3 Å². The highest BCUT2D eigenvalue weighted by Crippen LogP contribution is 2.29. The zero-order chi connectivity index (χ0) is 19.6. The fourth-order valence-corrected chi connectivity index (χ4v) is 2.71. The Morgan fingerprint density at radius 1 is 1.19 bits per heavy atom. The summed E-state index contributed by atoms with van der Waals surface area (Å²) in [5, 5.41) is 2.51. The van der Waals surface area contributed by atoms with Crippen molar-refractivity contribution in [3.8, 4) is 11.5 Å². The van der Waals surface area contributed by atoms with Crippen LogP contribution in [0.2, 0.25) is 0 Å². The van der Waals surface area contributed by atoms with E-state index in [9.17, 15) is 9.18 Å². The molecule has 2 rings (SSSR count). The van der Waals surface area contributed by atoms with Gasteiger partial charge in [-0.25, -0.2) is 4.39 Å². The lowest BCUT2D eigenvalue weighted by atomic mass is 10.2. The fraction of sp³-hybridized carbons (Fsp3) is 0.286. The zero-order valence-corrected chi connectivity index (χ0v) is 17.0. The molecule has 1 N–H and O–H groups in total. The van der Waals surface area contributed by atoms with Crippen LogP contribution in [0.4, 0.5) is 10.1 Å². The smallest absolute Gasteiger partial charge is 0.248 e. The third-order valence-corrected chi connectivity index (χ3v) is 4.30. The van der Waals surface area contributed by atoms with Crippen LogP contribution in [-0.4, -0.2) is 19.6 Å². The van der Waals surface area contributed by atoms with Gasteiger partial charge >= 0.3 is 0 Å². The Morgan fingerprint density at radius 2 is 2.00 bits per heavy atom. The van der Waals surface area contributed by atoms with Gasteiger partial charge in [0.1, 0.15) is 5.82 Å². The second kappa shape index (κ2) is 10.7. The number of halogens is 2. The van der Waals surface area contributed by atoms with E-state index >= 15 is 0 Å². The summed E-state index contributed by atoms with van der Waals surface area (Å²) >= 11 is 3.18. The van der Waals surface area contributed by atoms with Gasteiger partial charge in [0.15, 0.2) is 11.5 Å². The number of carbonyl (C=O) groups is 1. The average molecular weight is 436 g/mol. The highest BCUT2D eigenvalue weighted by atomic mass is 79.9. The average Bonchev–Trinajstić information content (AvgIpc) is 2.66. The number of methoxy groups -OCH3 is 1. The lowest BCUT2D eigenvalue weighted by molar-refractivity contribution is -0.111. The number of hydrogen-bond acceptors (Lipinski definition) is 3. The molecule has 2 aromatic rings. The van der Waals surface area contributed by atoms with Gasteiger partial charge in [0.25, 0.3) is 0 Å². The molecular formula is C21H23BrFNO3. The summed E-state index contributed by atoms with van der Waals surface area (Å²) in [4.78, 5) is 12.0. The topological polar surface area (TPSA) is 47.6 Å². The van der Waals surface area contributed by atoms with E-state index in [1.165, 1.54) is 18.2 Å². The van der Waals surface area contributed by atoms with Crippen molar-refractivity contribution in [1.82, 2.24) is 0 Å². The molecule has 0 aliphatic heterocycles. The summed E-state index contributed by atoms with van der Waals surface area (Å²) in [5.41, 5.74) is 0.903. The summed E-state index contributed by atoms with van der Waals surface area (Å²) in [6.07, 6.45) is 6.23. The lowest BCUT2D eigenvalue weighted by Gasteiger charge is -2.11. The Morgan fingerprint density at radius 3 is 2.70 bits per heavy atom. The molecule has 0 heterocycles. The van der Waals surface area contributed by atoms with E-state index in [2.05, 4.69) is 28.2 Å². The molecular weight excluding hydrogens is 413 g/mol. The van der Waals surface area contributed by atoms with E-state index in [0.29, 0.717) is 22.6 Å². The number of ether oxygens (including phenoxy) is 2. The molecule has 2 aromatic carbocycles. The van der Waals surface area contributed by atoms with Crippen LogP contribution in [0.1, 0.15) is 31.7 Å². The number of hydrogen-bond donors (Lipinski definition) is 1. The summed E-state index contributed by atoms with van der Waals surface area (Å²) < 4.78 is 25.5. The molecule has 0 spiro atoms. The molecule has 144 valence electrons. The van der Waals surface area contributed by atoms with Crippen molar-refractivity contribution in [3.05, 3.63) is 58.3 Å². The Balaban J connectivity index is 1.99. The maximum Gasteiger partial charge on any atom is 0.248 e. The summed E-state index contributed by atoms with van der Waals surface area (Å²) in [6, 6.07) is 9.90. The molecule has 6 heteroatoms. The first-order valence-corrected chi connectivity index (χ1v) is 9.57. The third-order valence-electron chi connectivity index (χ3n) is 3.81. The standard InChI is InChI=1S/C21H23BrFNO3/c1-3-4-5-12-27-19-10-6-15(13-20(19)26-2)7-11-21(25)24-18-9-8-16(22)14-17(18)23/h6-11,13-14H,3-5,12H2,1-2H3,(H,24,25)/b11-7+. The largest absolute Gasteiger partial charge is 0.493 e. The second-order valence-corrected chi connectivity index (χ2v) is 6.83. The number of rotatable bonds is 9. The molecule has 0 radical (unpaired) electrons. The quantitative estimate of drug-likeness (QED) is 0.398. The number of anilines is 1. The van der Waals surface area contributed by atoms with Gasteiger partial charge in [-0.3, -0.25) is 4.79 Å². The summed E-state index contributed by atoms with van der Waals surface area (Å²) in [6.45, 7) is 2.78. The van der Waals surface area contributed by atoms with Gasteiger partial charge in [-0.15, -0.1) is 0 Å². The van der Waals surface area contributed by atoms with E-state index < -0.39 is 11.7 Å². The summed E-state index contributed by atoms with van der Waals surface area (Å²) in [5.74, 6) is 0.354. The first-order valence-electron chi connectivity index (χ1n) is 8.78. The van der Waals surface area contributed by atoms with E-state index in [0.717, 1.165) is 24.8 Å². The number of benzene rings is 2. The van der Waals surface area contributed by atoms with Crippen LogP contribution in [0.25, 0.3) is 6.08 Å². The van der Waals surface area contributed by atoms with Crippen molar-refractivity contribution in [2.75, 3.05) is 19.0 Å². The first-order chi connectivity index (χ1) is 13.0. The van der Waals surface area contributed by atoms with Crippen molar-refractivity contribution in [1.29, 1.82) is 0 Å². The van der Waals surface area contributed by atoms with Gasteiger partial charge in [-0.05, 0) is 48.4 Å². The van der Waals surface area contributed by atoms with Gasteiger partial charge in [-0.2, -0.15) is 0 Å². The molecule has 0 saturated carbocycles. The molecule has 0 bridgehead atoms. The summed E-state index contributed by atoms with van der Waals surface area (Å²) in [7, 11) is 1.57. The van der Waals surface area contributed by atoms with Gasteiger partial charge in [0.05, 0.1) is 19.4 Å². The predicted molar refractivity (Wildman–Crippen MR) is 110 cm³/mol. The van der Waals surface area contributed by atoms with Gasteiger partial charge < -0.3 is 14.8 Å². The molecule has 1 amide bonds. The number of nitrogens with one attached hydrogen (secondary N) is 1. The predicted octanol–water partition coefficient (Wildman–Crippen LogP) is 5.82. The normalized spacial score (nSPS) is 10.8. The molecule has 27 heavy (non-hydrogen) atoms. The van der Waals surface area contributed by atoms with Crippen LogP contribution in [0.5, 0.6) is 11.5 Å². The molecule has 0 aliphatic rings. The Labute approximate surface area is 167 Å². The Kier molecular flexibility index (Phi) is 8.33. The van der Waals surface area contributed by atoms with Crippen molar-refractivity contribution < 1.29 is 18.7 Å². The molecule has 0 unspecified atom stereocenters. The lowest BCUT2D eigenvalue weighted by Crippen LogP contribution is -2.09. The van der Waals surface area contributed by atoms with Crippen LogP contribution in [-0.2, 0) is 4.79 Å². The number of unbranched alkanes of at least 4 members (excludes halogenated alkanes) is 2. The molecule has 0 atom stereocenters. The van der Waals surface area contributed by atoms with E-state index in [4.69, 9.17) is 9.47 Å². The van der Waals surface area contributed by atoms with Crippen molar-refractivity contribution >= 4 is 33.6 Å². The number of carbonyl (C=O) groups excluding carboxylic acids is 1. The molecule has 0 aliphatic carbocycles. The first kappa shape index (κ1) is 21.0. The maximum absolute atomic E-state index is 13.8. The second-order valence-electron chi connectivity index (χ2n) is 5.91. The van der Waals surface area contributed by atoms with Crippen LogP contribution >= 0.6 is 15.9 Å². The van der Waals surface area contributed by atoms with Crippen molar-refractivity contribution in [2.24, 2.45) is 0 Å². The Hall–Kier alpha value is -2.34. The molecule has 0 aromatic heterocycles. The monoisotopic (exact) mass is 435 g/mol. The van der Waals surface area contributed by atoms with Crippen molar-refractivity contribution in [3.63, 3.8) is 0 Å². The molecule has 0 fully saturated rings. The third kappa shape index (κ3) is 6.71. The zero-order valence-electron chi connectivity index (χ0n) is 15.4. The highest BCUT2D eigenvalue weighted by molar-refractivity contribution is 9.10. The Bertz CT molecular complexity index is 808. The number of amides is 1. The van der Waals surface area contributed by atoms with Gasteiger partial charge in [0.2, 0.25) is 5.91 Å². The van der Waals surface area contributed by atoms with Crippen LogP contribution < -0.4 is 14.8 Å². The van der Waals surface area contributed by atoms with Crippen LogP contribution in [0, 0.1) is 5.82 Å². The highest BCUT2D eigenvalue weighted by Gasteiger charge is 2.07. The molecule has 0 saturated heterocycles. The van der Waals surface area contributed by atoms with Gasteiger partial charge in [-0.1, -0.05) is 41.8 Å². The minimum atomic E-state index is -0.502. The van der Waals surface area contributed by atoms with Crippen LogP contribution in [0.3, 0.4) is 0 Å². The van der Waals surface area contributed by atoms with Gasteiger partial charge in [0, 0.05) is 10.5 Å². The minimum absolute atomic E-state index is 0.126. The fourth-order valence-electron chi connectivity index (χ4n) is 2.38. The van der Waals surface area contributed by atoms with Crippen LogP contribution in [0.15, 0.2) is 46.9 Å².